The van der Waals surface area contributed by atoms with Gasteiger partial charge in [0.15, 0.2) is 0 Å². The van der Waals surface area contributed by atoms with Gasteiger partial charge in [-0.2, -0.15) is 0 Å². The van der Waals surface area contributed by atoms with Crippen molar-refractivity contribution >= 4 is 45.5 Å². The van der Waals surface area contributed by atoms with Gasteiger partial charge < -0.3 is 5.48 Å². The molecule has 31 valence electrons. The van der Waals surface area contributed by atoms with Crippen molar-refractivity contribution in [3.8, 4) is 0 Å². The Morgan fingerprint density at radius 1 is 1.00 bits per heavy atom. The monoisotopic (exact) mass is 363 g/mol. The second kappa shape index (κ2) is 25.3. The van der Waals surface area contributed by atoms with Gasteiger partial charge in [-0.3, -0.25) is 0 Å². The normalized spacial score (nSPS) is 0. The average molecular weight is 363 g/mol. The van der Waals surface area contributed by atoms with E-state index in [1.54, 1.807) is 0 Å². The van der Waals surface area contributed by atoms with Gasteiger partial charge in [0.05, 0.1) is 0 Å². The molecule has 5 heavy (non-hydrogen) atoms. The summed E-state index contributed by atoms with van der Waals surface area (Å²) in [7, 11) is 0. The second-order valence-corrected chi connectivity index (χ2v) is 0. The van der Waals surface area contributed by atoms with E-state index in [4.69, 9.17) is 0 Å². The molecule has 0 bridgehead atoms. The molecule has 0 spiro atoms. The van der Waals surface area contributed by atoms with Crippen molar-refractivity contribution in [3.05, 3.63) is 0 Å². The zero-order valence-corrected chi connectivity index (χ0v) is 7.41. The first-order valence-electron chi connectivity index (χ1n) is 0. The van der Waals surface area contributed by atoms with E-state index in [1.807, 2.05) is 0 Å². The minimum atomic E-state index is 0. The molecule has 0 aliphatic heterocycles. The van der Waals surface area contributed by atoms with Crippen LogP contribution in [0.25, 0.3) is 0 Å². The van der Waals surface area contributed by atoms with Crippen LogP contribution >= 0.6 is 0 Å². The molecule has 0 aromatic rings. The van der Waals surface area contributed by atoms with E-state index in [-0.39, 0.29) is 121 Å². The van der Waals surface area contributed by atoms with Gasteiger partial charge in [-0.25, -0.2) is 0 Å². The van der Waals surface area contributed by atoms with Gasteiger partial charge in [-0.15, -0.1) is 0 Å². The summed E-state index contributed by atoms with van der Waals surface area (Å²) in [4.78, 5) is 0. The summed E-state index contributed by atoms with van der Waals surface area (Å²) in [5, 5.41) is 0. The summed E-state index contributed by atoms with van der Waals surface area (Å²) >= 11 is 0. The molecule has 0 aromatic carbocycles. The van der Waals surface area contributed by atoms with Crippen LogP contribution in [0.5, 0.6) is 0 Å². The van der Waals surface area contributed by atoms with Crippen LogP contribution in [0.4, 0.5) is 0 Å². The van der Waals surface area contributed by atoms with Crippen LogP contribution in [0.1, 0.15) is 0 Å². The predicted molar refractivity (Wildman–Crippen MR) is 9.23 cm³/mol. The number of rotatable bonds is 0. The van der Waals surface area contributed by atoms with Gasteiger partial charge in [0.2, 0.25) is 0 Å². The summed E-state index contributed by atoms with van der Waals surface area (Å²) in [5.41, 5.74) is 0. The van der Waals surface area contributed by atoms with E-state index in [0.29, 0.717) is 0 Å². The van der Waals surface area contributed by atoms with Crippen molar-refractivity contribution < 1.29 is 75.2 Å². The van der Waals surface area contributed by atoms with Crippen LogP contribution in [0, 0.1) is 35.6 Å². The topological polar surface area (TPSA) is 28.5 Å². The quantitative estimate of drug-likeness (QED) is 0.493. The predicted octanol–water partition coefficient (Wildman–Crippen LogP) is -1.04. The van der Waals surface area contributed by atoms with E-state index < -0.39 is 0 Å². The molecule has 0 rings (SSSR count). The van der Waals surface area contributed by atoms with E-state index in [9.17, 15) is 0 Å². The maximum absolute atomic E-state index is 0. The van der Waals surface area contributed by atoms with Crippen molar-refractivity contribution in [2.24, 2.45) is 0 Å². The molecular weight excluding hydrogens is 361 g/mol. The Hall–Kier alpha value is 3.67. The fraction of sp³-hybridized carbons (Fsp3) is 0. The first kappa shape index (κ1) is 37.8. The molecule has 0 heterocycles. The molecule has 1 nitrogen and oxygen atoms in total. The van der Waals surface area contributed by atoms with Crippen LogP contribution in [0.15, 0.2) is 0 Å². The fourth-order valence-corrected chi connectivity index (χ4v) is 0. The van der Waals surface area contributed by atoms with Gasteiger partial charge >= 0.3 is 62.6 Å². The fourth-order valence-electron chi connectivity index (χ4n) is 0. The molecule has 3 radical (unpaired) electrons. The maximum atomic E-state index is 0. The molecule has 0 saturated heterocycles. The molecule has 0 amide bonds. The molecule has 0 aromatic heterocycles. The summed E-state index contributed by atoms with van der Waals surface area (Å²) in [6, 6.07) is 0. The summed E-state index contributed by atoms with van der Waals surface area (Å²) < 4.78 is 0. The summed E-state index contributed by atoms with van der Waals surface area (Å²) in [6.45, 7) is 0. The van der Waals surface area contributed by atoms with Crippen LogP contribution in [0.2, 0.25) is 0 Å². The molecule has 0 N–H and O–H groups in total. The molecule has 0 aliphatic rings. The Labute approximate surface area is 118 Å². The Balaban J connectivity index is 0. The van der Waals surface area contributed by atoms with Gasteiger partial charge in [-0.05, 0) is 0 Å². The Bertz CT molecular complexity index is 11.6. The molecule has 0 fully saturated rings. The van der Waals surface area contributed by atoms with Crippen LogP contribution in [0.3, 0.4) is 0 Å². The van der Waals surface area contributed by atoms with Crippen molar-refractivity contribution in [2.45, 2.75) is 0 Å². The van der Waals surface area contributed by atoms with Crippen molar-refractivity contribution in [3.63, 3.8) is 0 Å². The van der Waals surface area contributed by atoms with Gasteiger partial charge in [0, 0.05) is 52.7 Å². The van der Waals surface area contributed by atoms with Crippen molar-refractivity contribution in [1.82, 2.24) is 0 Å². The first-order chi connectivity index (χ1) is 0. The van der Waals surface area contributed by atoms with Crippen molar-refractivity contribution in [2.75, 3.05) is 0 Å². The number of hydrogen-bond acceptors (Lipinski definition) is 0. The zero-order valence-electron chi connectivity index (χ0n) is 1.67. The van der Waals surface area contributed by atoms with E-state index in [1.165, 1.54) is 0 Å². The molecule has 0 unspecified atom stereocenters. The Kier molecular flexibility index (Phi) is 192. The molecule has 0 aliphatic carbocycles. The van der Waals surface area contributed by atoms with Crippen molar-refractivity contribution in [1.29, 1.82) is 0 Å². The SMILES string of the molecule is [Cu+2].[La].[Mn].[O-2].[SrH2]. The minimum absolute atomic E-state index is 0. The van der Waals surface area contributed by atoms with Gasteiger partial charge in [0.1, 0.15) is 0 Å². The molecule has 5 heteroatoms. The molecular formula is H2CuLaMnOSr. The Morgan fingerprint density at radius 2 is 1.00 bits per heavy atom. The molecule has 0 atom stereocenters. The van der Waals surface area contributed by atoms with Gasteiger partial charge in [0.25, 0.3) is 0 Å². The van der Waals surface area contributed by atoms with Crippen LogP contribution in [-0.2, 0) is 39.6 Å². The third-order valence-electron chi connectivity index (χ3n) is 0. The van der Waals surface area contributed by atoms with Crippen LogP contribution in [-0.4, -0.2) is 45.5 Å². The van der Waals surface area contributed by atoms with Crippen LogP contribution < -0.4 is 0 Å². The zero-order chi connectivity index (χ0) is 0. The summed E-state index contributed by atoms with van der Waals surface area (Å²) in [6.07, 6.45) is 0. The van der Waals surface area contributed by atoms with Gasteiger partial charge in [-0.1, -0.05) is 0 Å². The Morgan fingerprint density at radius 3 is 1.00 bits per heavy atom. The summed E-state index contributed by atoms with van der Waals surface area (Å²) in [5.74, 6) is 0. The molecule has 0 saturated carbocycles. The van der Waals surface area contributed by atoms with E-state index in [0.717, 1.165) is 0 Å². The third kappa shape index (κ3) is 18.3. The average Bonchev–Trinajstić information content (AvgIpc) is 0. The third-order valence-corrected chi connectivity index (χ3v) is 0. The first-order valence-corrected chi connectivity index (χ1v) is 0. The van der Waals surface area contributed by atoms with E-state index >= 15 is 0 Å². The standard InChI is InChI=1S/Cu.La.Mn.O.Sr.2H/q+2;;;-2;;;. The van der Waals surface area contributed by atoms with E-state index in [2.05, 4.69) is 0 Å². The number of hydrogen-bond donors (Lipinski definition) is 0. The second-order valence-electron chi connectivity index (χ2n) is 0.